The molecule has 1 saturated heterocycles. The maximum atomic E-state index is 12.7. The zero-order chi connectivity index (χ0) is 19.5. The highest BCUT2D eigenvalue weighted by Gasteiger charge is 2.23. The Morgan fingerprint density at radius 2 is 1.89 bits per heavy atom. The van der Waals surface area contributed by atoms with Gasteiger partial charge in [0, 0.05) is 31.7 Å². The lowest BCUT2D eigenvalue weighted by molar-refractivity contribution is 0.0615. The molecule has 0 atom stereocenters. The number of carbonyl (C=O) groups excluding carboxylic acids is 1. The van der Waals surface area contributed by atoms with Crippen molar-refractivity contribution >= 4 is 17.2 Å². The van der Waals surface area contributed by atoms with Crippen LogP contribution in [0.2, 0.25) is 0 Å². The highest BCUT2D eigenvalue weighted by molar-refractivity contribution is 7.13. The molecule has 0 aliphatic carbocycles. The van der Waals surface area contributed by atoms with Crippen LogP contribution >= 0.6 is 11.3 Å². The summed E-state index contributed by atoms with van der Waals surface area (Å²) in [5.74, 6) is 1.83. The Morgan fingerprint density at radius 3 is 2.54 bits per heavy atom. The molecule has 0 bridgehead atoms. The first kappa shape index (κ1) is 18.8. The van der Waals surface area contributed by atoms with E-state index in [0.29, 0.717) is 37.3 Å². The van der Waals surface area contributed by atoms with Crippen LogP contribution in [0.25, 0.3) is 10.7 Å². The predicted octanol–water partition coefficient (Wildman–Crippen LogP) is 3.88. The lowest BCUT2D eigenvalue weighted by Gasteiger charge is -2.34. The minimum Gasteiger partial charge on any atom is -0.338 e. The van der Waals surface area contributed by atoms with Crippen molar-refractivity contribution in [3.8, 4) is 10.7 Å². The molecule has 0 unspecified atom stereocenters. The zero-order valence-corrected chi connectivity index (χ0v) is 17.0. The summed E-state index contributed by atoms with van der Waals surface area (Å²) in [6.45, 7) is 7.93. The molecular weight excluding hydrogens is 372 g/mol. The lowest BCUT2D eigenvalue weighted by Crippen LogP contribution is -2.48. The smallest absolute Gasteiger partial charge is 0.253 e. The number of aromatic nitrogens is 2. The molecule has 1 fully saturated rings. The van der Waals surface area contributed by atoms with Gasteiger partial charge >= 0.3 is 0 Å². The fourth-order valence-electron chi connectivity index (χ4n) is 3.32. The van der Waals surface area contributed by atoms with E-state index in [4.69, 9.17) is 4.52 Å². The highest BCUT2D eigenvalue weighted by Crippen LogP contribution is 2.22. The Morgan fingerprint density at radius 1 is 1.14 bits per heavy atom. The molecule has 2 aromatic heterocycles. The van der Waals surface area contributed by atoms with Crippen LogP contribution in [0.1, 0.15) is 41.6 Å². The van der Waals surface area contributed by atoms with Gasteiger partial charge in [0.2, 0.25) is 11.7 Å². The summed E-state index contributed by atoms with van der Waals surface area (Å²) >= 11 is 1.60. The first-order valence-corrected chi connectivity index (χ1v) is 10.5. The summed E-state index contributed by atoms with van der Waals surface area (Å²) in [5.41, 5.74) is 2.01. The van der Waals surface area contributed by atoms with Crippen LogP contribution in [-0.2, 0) is 6.54 Å². The molecule has 0 radical (unpaired) electrons. The highest BCUT2D eigenvalue weighted by atomic mass is 32.1. The van der Waals surface area contributed by atoms with Crippen molar-refractivity contribution in [1.82, 2.24) is 19.9 Å². The number of carbonyl (C=O) groups is 1. The molecule has 7 heteroatoms. The van der Waals surface area contributed by atoms with E-state index in [1.807, 2.05) is 34.5 Å². The van der Waals surface area contributed by atoms with Gasteiger partial charge in [-0.2, -0.15) is 4.98 Å². The molecule has 28 heavy (non-hydrogen) atoms. The Labute approximate surface area is 168 Å². The minimum absolute atomic E-state index is 0.104. The van der Waals surface area contributed by atoms with E-state index in [1.54, 1.807) is 11.3 Å². The number of amides is 1. The van der Waals surface area contributed by atoms with E-state index < -0.39 is 0 Å². The Bertz CT molecular complexity index is 910. The number of nitrogens with zero attached hydrogens (tertiary/aromatic N) is 4. The first-order chi connectivity index (χ1) is 13.6. The average Bonchev–Trinajstić information content (AvgIpc) is 3.40. The second-order valence-corrected chi connectivity index (χ2v) is 8.28. The molecule has 4 rings (SSSR count). The van der Waals surface area contributed by atoms with Gasteiger partial charge in [0.05, 0.1) is 11.4 Å². The van der Waals surface area contributed by atoms with Gasteiger partial charge in [0.25, 0.3) is 5.91 Å². The second kappa shape index (κ2) is 8.24. The molecule has 1 amide bonds. The molecule has 0 saturated carbocycles. The summed E-state index contributed by atoms with van der Waals surface area (Å²) < 4.78 is 5.39. The topological polar surface area (TPSA) is 62.5 Å². The molecule has 3 aromatic rings. The van der Waals surface area contributed by atoms with Gasteiger partial charge in [-0.1, -0.05) is 37.2 Å². The van der Waals surface area contributed by atoms with E-state index >= 15 is 0 Å². The fourth-order valence-corrected chi connectivity index (χ4v) is 3.97. The van der Waals surface area contributed by atoms with Crippen molar-refractivity contribution in [3.63, 3.8) is 0 Å². The van der Waals surface area contributed by atoms with E-state index in [1.165, 1.54) is 5.56 Å². The predicted molar refractivity (Wildman–Crippen MR) is 109 cm³/mol. The van der Waals surface area contributed by atoms with Crippen LogP contribution < -0.4 is 0 Å². The van der Waals surface area contributed by atoms with Crippen molar-refractivity contribution in [2.75, 3.05) is 26.2 Å². The molecule has 1 aromatic carbocycles. The van der Waals surface area contributed by atoms with E-state index in [2.05, 4.69) is 41.0 Å². The van der Waals surface area contributed by atoms with Crippen LogP contribution in [0, 0.1) is 0 Å². The Balaban J connectivity index is 1.31. The maximum absolute atomic E-state index is 12.7. The summed E-state index contributed by atoms with van der Waals surface area (Å²) in [7, 11) is 0. The fraction of sp³-hybridized carbons (Fsp3) is 0.381. The molecule has 1 aliphatic heterocycles. The van der Waals surface area contributed by atoms with E-state index in [9.17, 15) is 4.79 Å². The number of benzene rings is 1. The third kappa shape index (κ3) is 4.15. The van der Waals surface area contributed by atoms with E-state index in [0.717, 1.165) is 23.5 Å². The minimum atomic E-state index is 0.104. The molecule has 1 aliphatic rings. The molecular formula is C21H24N4O2S. The van der Waals surface area contributed by atoms with Crippen LogP contribution in [0.3, 0.4) is 0 Å². The van der Waals surface area contributed by atoms with Gasteiger partial charge in [0.15, 0.2) is 0 Å². The van der Waals surface area contributed by atoms with Gasteiger partial charge < -0.3 is 9.42 Å². The number of hydrogen-bond donors (Lipinski definition) is 0. The van der Waals surface area contributed by atoms with Crippen molar-refractivity contribution < 1.29 is 9.32 Å². The van der Waals surface area contributed by atoms with Crippen molar-refractivity contribution in [2.24, 2.45) is 0 Å². The second-order valence-electron chi connectivity index (χ2n) is 7.33. The summed E-state index contributed by atoms with van der Waals surface area (Å²) in [6.07, 6.45) is 0. The number of hydrogen-bond acceptors (Lipinski definition) is 6. The van der Waals surface area contributed by atoms with Crippen molar-refractivity contribution in [3.05, 3.63) is 58.8 Å². The Kier molecular flexibility index (Phi) is 5.54. The molecule has 6 nitrogen and oxygen atoms in total. The monoisotopic (exact) mass is 396 g/mol. The normalized spacial score (nSPS) is 15.3. The summed E-state index contributed by atoms with van der Waals surface area (Å²) in [5, 5.41) is 6.06. The molecule has 0 spiro atoms. The largest absolute Gasteiger partial charge is 0.338 e. The van der Waals surface area contributed by atoms with Crippen LogP contribution in [0.5, 0.6) is 0 Å². The Hall–Kier alpha value is -2.51. The quantitative estimate of drug-likeness (QED) is 0.655. The first-order valence-electron chi connectivity index (χ1n) is 9.58. The van der Waals surface area contributed by atoms with Gasteiger partial charge in [0.1, 0.15) is 0 Å². The van der Waals surface area contributed by atoms with Crippen molar-refractivity contribution in [2.45, 2.75) is 26.3 Å². The van der Waals surface area contributed by atoms with E-state index in [-0.39, 0.29) is 5.91 Å². The summed E-state index contributed by atoms with van der Waals surface area (Å²) in [6, 6.07) is 11.9. The summed E-state index contributed by atoms with van der Waals surface area (Å²) in [4.78, 5) is 22.4. The SMILES string of the molecule is CC(C)c1ccc(C(=O)N2CCN(Cc3nc(-c4cccs4)no3)CC2)cc1. The average molecular weight is 397 g/mol. The van der Waals surface area contributed by atoms with Gasteiger partial charge in [-0.25, -0.2) is 0 Å². The maximum Gasteiger partial charge on any atom is 0.253 e. The van der Waals surface area contributed by atoms with Crippen LogP contribution in [-0.4, -0.2) is 52.0 Å². The molecule has 0 N–H and O–H groups in total. The standard InChI is InChI=1S/C21H24N4O2S/c1-15(2)16-5-7-17(8-6-16)21(26)25-11-9-24(10-12-25)14-19-22-20(23-27-19)18-4-3-13-28-18/h3-8,13,15H,9-12,14H2,1-2H3. The van der Waals surface area contributed by atoms with Crippen LogP contribution in [0.4, 0.5) is 0 Å². The van der Waals surface area contributed by atoms with Crippen LogP contribution in [0.15, 0.2) is 46.3 Å². The van der Waals surface area contributed by atoms with Gasteiger partial charge in [-0.05, 0) is 35.1 Å². The third-order valence-electron chi connectivity index (χ3n) is 5.05. The molecule has 3 heterocycles. The third-order valence-corrected chi connectivity index (χ3v) is 5.92. The number of thiophene rings is 1. The number of rotatable bonds is 5. The van der Waals surface area contributed by atoms with Crippen molar-refractivity contribution in [1.29, 1.82) is 0 Å². The van der Waals surface area contributed by atoms with Gasteiger partial charge in [-0.3, -0.25) is 9.69 Å². The molecule has 146 valence electrons. The lowest BCUT2D eigenvalue weighted by atomic mass is 10.0. The van der Waals surface area contributed by atoms with Gasteiger partial charge in [-0.15, -0.1) is 11.3 Å². The zero-order valence-electron chi connectivity index (χ0n) is 16.2. The number of piperazine rings is 1.